The highest BCUT2D eigenvalue weighted by Crippen LogP contribution is 2.47. The number of hydrogen-bond donors (Lipinski definition) is 8. The molecular formula is C12H19Cl5N6O3. The summed E-state index contributed by atoms with van der Waals surface area (Å²) in [4.78, 5) is 9.00. The van der Waals surface area contributed by atoms with Crippen LogP contribution in [0.1, 0.15) is 6.92 Å². The molecule has 0 spiro atoms. The average Bonchev–Trinajstić information content (AvgIpc) is 2.57. The molecule has 1 aromatic carbocycles. The second-order valence-corrected chi connectivity index (χ2v) is 5.66. The highest BCUT2D eigenvalue weighted by molar-refractivity contribution is 6.55. The molecule has 0 saturated heterocycles. The molecule has 14 heteroatoms. The molecule has 0 amide bonds. The van der Waals surface area contributed by atoms with E-state index in [-0.39, 0.29) is 42.5 Å². The number of aliphatic carboxylic acids is 1. The number of rotatable bonds is 0. The highest BCUT2D eigenvalue weighted by Gasteiger charge is 2.18. The molecule has 0 aliphatic heterocycles. The summed E-state index contributed by atoms with van der Waals surface area (Å²) in [6.45, 7) is 1.08. The molecule has 1 rings (SSSR count). The third-order valence-electron chi connectivity index (χ3n) is 1.57. The van der Waals surface area contributed by atoms with Crippen LogP contribution in [0.5, 0.6) is 5.75 Å². The van der Waals surface area contributed by atoms with E-state index < -0.39 is 5.97 Å². The highest BCUT2D eigenvalue weighted by atomic mass is 35.5. The van der Waals surface area contributed by atoms with Gasteiger partial charge in [-0.2, -0.15) is 0 Å². The van der Waals surface area contributed by atoms with Crippen molar-refractivity contribution >= 4 is 64.0 Å². The first-order valence-corrected chi connectivity index (χ1v) is 7.88. The molecule has 0 fully saturated rings. The maximum Gasteiger partial charge on any atom is 0.300 e. The van der Waals surface area contributed by atoms with Crippen molar-refractivity contribution in [1.82, 2.24) is 0 Å². The van der Waals surface area contributed by atoms with Gasteiger partial charge in [-0.15, -0.1) is 0 Å². The minimum absolute atomic E-state index is 0.00904. The number of aromatic hydroxyl groups is 1. The maximum atomic E-state index is 9.20. The predicted molar refractivity (Wildman–Crippen MR) is 108 cm³/mol. The lowest BCUT2D eigenvalue weighted by Crippen LogP contribution is -2.09. The zero-order valence-electron chi connectivity index (χ0n) is 13.3. The molecule has 0 aliphatic carbocycles. The fourth-order valence-electron chi connectivity index (χ4n) is 0.593. The molecule has 9 nitrogen and oxygen atoms in total. The van der Waals surface area contributed by atoms with Crippen molar-refractivity contribution < 1.29 is 15.0 Å². The molecule has 0 unspecified atom stereocenters. The van der Waals surface area contributed by atoms with Gasteiger partial charge in [-0.05, 0) is 0 Å². The van der Waals surface area contributed by atoms with E-state index in [0.717, 1.165) is 19.3 Å². The van der Waals surface area contributed by atoms with Crippen molar-refractivity contribution in [2.45, 2.75) is 6.92 Å². The molecule has 150 valence electrons. The lowest BCUT2D eigenvalue weighted by Gasteiger charge is -2.06. The van der Waals surface area contributed by atoms with Gasteiger partial charge in [0.2, 0.25) is 0 Å². The van der Waals surface area contributed by atoms with Gasteiger partial charge in [0.25, 0.3) is 5.97 Å². The number of carboxylic acid groups (broad SMARTS) is 1. The number of phenolic OH excluding ortho intramolecular Hbond substituents is 1. The number of halogens is 5. The number of carbonyl (C=O) groups is 1. The van der Waals surface area contributed by atoms with Crippen LogP contribution in [-0.2, 0) is 4.79 Å². The smallest absolute Gasteiger partial charge is 0.300 e. The first kappa shape index (κ1) is 29.0. The second-order valence-electron chi connectivity index (χ2n) is 3.77. The van der Waals surface area contributed by atoms with Crippen LogP contribution < -0.4 is 34.4 Å². The van der Waals surface area contributed by atoms with E-state index in [1.807, 2.05) is 0 Å². The molecule has 0 heterocycles. The van der Waals surface area contributed by atoms with Crippen LogP contribution in [-0.4, -0.2) is 16.2 Å². The molecule has 26 heavy (non-hydrogen) atoms. The molecule has 14 N–H and O–H groups in total. The first-order valence-electron chi connectivity index (χ1n) is 5.99. The topological polar surface area (TPSA) is 214 Å². The van der Waals surface area contributed by atoms with Gasteiger partial charge in [0, 0.05) is 19.3 Å². The van der Waals surface area contributed by atoms with E-state index in [1.54, 1.807) is 0 Å². The summed E-state index contributed by atoms with van der Waals surface area (Å²) in [5, 5.41) is 16.4. The monoisotopic (exact) mass is 470 g/mol. The quantitative estimate of drug-likeness (QED) is 0.204. The van der Waals surface area contributed by atoms with Gasteiger partial charge in [0.1, 0.15) is 21.7 Å². The molecular weight excluding hydrogens is 453 g/mol. The average molecular weight is 473 g/mol. The van der Waals surface area contributed by atoms with Crippen LogP contribution in [0, 0.1) is 0 Å². The van der Waals surface area contributed by atoms with Crippen molar-refractivity contribution in [3.05, 3.63) is 49.2 Å². The lowest BCUT2D eigenvalue weighted by molar-refractivity contribution is -0.134. The van der Waals surface area contributed by atoms with Gasteiger partial charge in [-0.3, -0.25) is 4.79 Å². The Kier molecular flexibility index (Phi) is 17.3. The normalized spacial score (nSPS) is 8.23. The Morgan fingerprint density at radius 3 is 1.08 bits per heavy atom. The summed E-state index contributed by atoms with van der Waals surface area (Å²) in [6, 6.07) is 0. The van der Waals surface area contributed by atoms with Gasteiger partial charge in [-0.1, -0.05) is 58.0 Å². The number of benzene rings is 1. The van der Waals surface area contributed by atoms with E-state index in [0.29, 0.717) is 0 Å². The van der Waals surface area contributed by atoms with Crippen LogP contribution in [0.3, 0.4) is 0 Å². The summed E-state index contributed by atoms with van der Waals surface area (Å²) >= 11 is 27.9. The second kappa shape index (κ2) is 15.5. The molecule has 0 radical (unpaired) electrons. The van der Waals surface area contributed by atoms with Gasteiger partial charge < -0.3 is 44.6 Å². The van der Waals surface area contributed by atoms with Gasteiger partial charge in [0.15, 0.2) is 5.75 Å². The first-order chi connectivity index (χ1) is 11.7. The van der Waals surface area contributed by atoms with Crippen LogP contribution in [0.15, 0.2) is 24.0 Å². The summed E-state index contributed by atoms with van der Waals surface area (Å²) < 4.78 is 0. The maximum absolute atomic E-state index is 9.20. The molecule has 0 bridgehead atoms. The van der Waals surface area contributed by atoms with E-state index >= 15 is 0 Å². The van der Waals surface area contributed by atoms with Crippen LogP contribution in [0.4, 0.5) is 0 Å². The number of hydrogen-bond acceptors (Lipinski definition) is 8. The number of nitrogens with two attached hydrogens (primary N) is 6. The summed E-state index contributed by atoms with van der Waals surface area (Å²) in [6.07, 6.45) is 2.28. The molecule has 0 atom stereocenters. The summed E-state index contributed by atoms with van der Waals surface area (Å²) in [5.41, 5.74) is 28.7. The minimum Gasteiger partial charge on any atom is -0.505 e. The molecule has 0 saturated carbocycles. The lowest BCUT2D eigenvalue weighted by atomic mass is 10.3. The molecule has 1 aromatic rings. The van der Waals surface area contributed by atoms with E-state index in [4.69, 9.17) is 102 Å². The van der Waals surface area contributed by atoms with Crippen LogP contribution in [0.25, 0.3) is 0 Å². The Labute approximate surface area is 175 Å². The van der Waals surface area contributed by atoms with Crippen LogP contribution >= 0.6 is 58.0 Å². The SMILES string of the molecule is CC(=O)O.NC=C(N)N.NC=C(N)N.Oc1c(Cl)c(Cl)c(Cl)c(Cl)c1Cl. The third kappa shape index (κ3) is 14.6. The summed E-state index contributed by atoms with van der Waals surface area (Å²) in [5.74, 6) is -0.882. The fourth-order valence-corrected chi connectivity index (χ4v) is 1.72. The fraction of sp³-hybridized carbons (Fsp3) is 0.0833. The Hall–Kier alpha value is -1.78. The largest absolute Gasteiger partial charge is 0.505 e. The summed E-state index contributed by atoms with van der Waals surface area (Å²) in [7, 11) is 0. The van der Waals surface area contributed by atoms with Crippen molar-refractivity contribution in [3.63, 3.8) is 0 Å². The standard InChI is InChI=1S/C6HCl5O.2C2H7N3.C2H4O2/c7-1-2(8)4(10)6(12)5(11)3(1)9;2*3-1-2(4)5;1-2(3)4/h12H;2*1H,3-5H2;1H3,(H,3,4). The predicted octanol–water partition coefficient (Wildman–Crippen LogP) is 2.07. The molecule has 0 aromatic heterocycles. The third-order valence-corrected chi connectivity index (χ3v) is 3.83. The zero-order chi connectivity index (χ0) is 21.6. The van der Waals surface area contributed by atoms with Gasteiger partial charge in [0.05, 0.1) is 15.1 Å². The zero-order valence-corrected chi connectivity index (χ0v) is 17.1. The van der Waals surface area contributed by atoms with Crippen LogP contribution in [0.2, 0.25) is 25.1 Å². The van der Waals surface area contributed by atoms with Crippen molar-refractivity contribution in [2.24, 2.45) is 34.4 Å². The Bertz CT molecular complexity index is 522. The number of carboxylic acids is 1. The number of phenols is 1. The van der Waals surface area contributed by atoms with E-state index in [9.17, 15) is 5.11 Å². The van der Waals surface area contributed by atoms with E-state index in [2.05, 4.69) is 0 Å². The van der Waals surface area contributed by atoms with E-state index in [1.165, 1.54) is 0 Å². The van der Waals surface area contributed by atoms with Gasteiger partial charge >= 0.3 is 0 Å². The van der Waals surface area contributed by atoms with Gasteiger partial charge in [-0.25, -0.2) is 0 Å². The van der Waals surface area contributed by atoms with Crippen molar-refractivity contribution in [1.29, 1.82) is 0 Å². The Morgan fingerprint density at radius 1 is 0.769 bits per heavy atom. The Morgan fingerprint density at radius 2 is 0.923 bits per heavy atom. The molecule has 0 aliphatic rings. The Balaban J connectivity index is -0.000000316. The minimum atomic E-state index is -0.833. The van der Waals surface area contributed by atoms with Crippen molar-refractivity contribution in [3.8, 4) is 5.75 Å². The van der Waals surface area contributed by atoms with Crippen molar-refractivity contribution in [2.75, 3.05) is 0 Å².